The van der Waals surface area contributed by atoms with Gasteiger partial charge in [0.15, 0.2) is 6.10 Å². The Kier molecular flexibility index (Phi) is 4.71. The third-order valence-corrected chi connectivity index (χ3v) is 2.20. The lowest BCUT2D eigenvalue weighted by atomic mass is 10.1. The van der Waals surface area contributed by atoms with E-state index in [1.54, 1.807) is 0 Å². The van der Waals surface area contributed by atoms with E-state index in [9.17, 15) is 15.2 Å². The lowest BCUT2D eigenvalue weighted by Crippen LogP contribution is -2.33. The van der Waals surface area contributed by atoms with E-state index in [0.717, 1.165) is 0 Å². The molecule has 0 aliphatic carbocycles. The fourth-order valence-electron chi connectivity index (χ4n) is 1.64. The van der Waals surface area contributed by atoms with Gasteiger partial charge in [-0.05, 0) is 5.83 Å². The zero-order valence-corrected chi connectivity index (χ0v) is 9.62. The standard InChI is InChI=1S/C6H9NO6.CH3Br/c8-3-1-11-6-4(13-7(9)10)2-12-5(3)6;1-2/h3-6,8H,1-2H2;1H3/t3-,4+,5+,6+;/m0./s1. The van der Waals surface area contributed by atoms with Crippen LogP contribution in [0, 0.1) is 10.1 Å². The van der Waals surface area contributed by atoms with Crippen LogP contribution in [0.25, 0.3) is 0 Å². The lowest BCUT2D eigenvalue weighted by molar-refractivity contribution is -0.769. The minimum Gasteiger partial charge on any atom is -0.388 e. The van der Waals surface area contributed by atoms with Crippen molar-refractivity contribution in [1.82, 2.24) is 0 Å². The Bertz CT molecular complexity index is 228. The predicted molar refractivity (Wildman–Crippen MR) is 52.2 cm³/mol. The van der Waals surface area contributed by atoms with Crippen molar-refractivity contribution >= 4 is 15.9 Å². The van der Waals surface area contributed by atoms with Gasteiger partial charge in [-0.25, -0.2) is 0 Å². The van der Waals surface area contributed by atoms with E-state index >= 15 is 0 Å². The highest BCUT2D eigenvalue weighted by atomic mass is 79.9. The number of nitrogens with zero attached hydrogens (tertiary/aromatic N) is 1. The summed E-state index contributed by atoms with van der Waals surface area (Å²) in [6, 6.07) is 0. The lowest BCUT2D eigenvalue weighted by Gasteiger charge is -2.12. The van der Waals surface area contributed by atoms with Crippen LogP contribution in [0.5, 0.6) is 0 Å². The van der Waals surface area contributed by atoms with Gasteiger partial charge in [0.05, 0.1) is 13.2 Å². The zero-order valence-electron chi connectivity index (χ0n) is 8.04. The van der Waals surface area contributed by atoms with Gasteiger partial charge in [0, 0.05) is 0 Å². The van der Waals surface area contributed by atoms with Crippen molar-refractivity contribution in [2.75, 3.05) is 19.0 Å². The number of aliphatic hydroxyl groups is 1. The van der Waals surface area contributed by atoms with Crippen LogP contribution in [0.1, 0.15) is 0 Å². The molecule has 0 amide bonds. The molecule has 0 aromatic rings. The van der Waals surface area contributed by atoms with Crippen LogP contribution >= 0.6 is 15.9 Å². The number of hydrogen-bond acceptors (Lipinski definition) is 6. The van der Waals surface area contributed by atoms with Gasteiger partial charge < -0.3 is 19.4 Å². The normalized spacial score (nSPS) is 37.8. The molecule has 15 heavy (non-hydrogen) atoms. The van der Waals surface area contributed by atoms with Crippen LogP contribution in [0.2, 0.25) is 0 Å². The maximum absolute atomic E-state index is 10.0. The van der Waals surface area contributed by atoms with Crippen LogP contribution in [0.15, 0.2) is 0 Å². The molecular formula is C7H12BrNO6. The van der Waals surface area contributed by atoms with Gasteiger partial charge >= 0.3 is 0 Å². The highest BCUT2D eigenvalue weighted by Crippen LogP contribution is 2.28. The topological polar surface area (TPSA) is 91.1 Å². The predicted octanol–water partition coefficient (Wildman–Crippen LogP) is -0.267. The maximum atomic E-state index is 10.0. The van der Waals surface area contributed by atoms with Crippen molar-refractivity contribution in [2.24, 2.45) is 0 Å². The van der Waals surface area contributed by atoms with Crippen molar-refractivity contribution < 1.29 is 24.5 Å². The van der Waals surface area contributed by atoms with Crippen molar-refractivity contribution in [3.63, 3.8) is 0 Å². The first kappa shape index (κ1) is 12.6. The molecule has 2 heterocycles. The summed E-state index contributed by atoms with van der Waals surface area (Å²) in [5.41, 5.74) is 0. The van der Waals surface area contributed by atoms with Crippen molar-refractivity contribution in [1.29, 1.82) is 0 Å². The monoisotopic (exact) mass is 285 g/mol. The van der Waals surface area contributed by atoms with Gasteiger partial charge in [-0.2, -0.15) is 0 Å². The minimum absolute atomic E-state index is 0.0906. The summed E-state index contributed by atoms with van der Waals surface area (Å²) in [6.45, 7) is 0.236. The highest BCUT2D eigenvalue weighted by Gasteiger charge is 2.48. The summed E-state index contributed by atoms with van der Waals surface area (Å²) < 4.78 is 10.2. The van der Waals surface area contributed by atoms with Gasteiger partial charge in [0.2, 0.25) is 0 Å². The molecule has 2 fully saturated rings. The Morgan fingerprint density at radius 2 is 2.00 bits per heavy atom. The van der Waals surface area contributed by atoms with Gasteiger partial charge in [0.25, 0.3) is 5.09 Å². The summed E-state index contributed by atoms with van der Waals surface area (Å²) in [6.07, 6.45) is -2.41. The second kappa shape index (κ2) is 5.59. The zero-order chi connectivity index (χ0) is 11.4. The Morgan fingerprint density at radius 3 is 2.60 bits per heavy atom. The third-order valence-electron chi connectivity index (χ3n) is 2.20. The molecule has 2 aliphatic heterocycles. The van der Waals surface area contributed by atoms with E-state index < -0.39 is 29.5 Å². The molecule has 0 bridgehead atoms. The number of rotatable bonds is 2. The van der Waals surface area contributed by atoms with Gasteiger partial charge in [-0.15, -0.1) is 10.1 Å². The molecule has 2 rings (SSSR count). The smallest absolute Gasteiger partial charge is 0.294 e. The van der Waals surface area contributed by atoms with Crippen LogP contribution in [0.4, 0.5) is 0 Å². The second-order valence-corrected chi connectivity index (χ2v) is 3.03. The van der Waals surface area contributed by atoms with E-state index in [1.165, 1.54) is 0 Å². The van der Waals surface area contributed by atoms with Crippen molar-refractivity contribution in [3.8, 4) is 0 Å². The molecule has 0 spiro atoms. The summed E-state index contributed by atoms with van der Waals surface area (Å²) in [4.78, 5) is 14.4. The minimum atomic E-state index is -0.871. The SMILES string of the molecule is CBr.O=[N+]([O-])O[C@@H]1CO[C@H]2[C@@H]1OC[C@@H]2O. The van der Waals surface area contributed by atoms with E-state index in [4.69, 9.17) is 9.47 Å². The largest absolute Gasteiger partial charge is 0.388 e. The number of halogens is 1. The molecule has 8 heteroatoms. The Labute approximate surface area is 94.5 Å². The molecule has 0 aromatic heterocycles. The molecule has 0 unspecified atom stereocenters. The molecule has 0 aromatic carbocycles. The molecule has 4 atom stereocenters. The molecule has 2 aliphatic rings. The highest BCUT2D eigenvalue weighted by molar-refractivity contribution is 9.08. The number of aliphatic hydroxyl groups excluding tert-OH is 1. The molecular weight excluding hydrogens is 274 g/mol. The van der Waals surface area contributed by atoms with Gasteiger partial charge in [-0.3, -0.25) is 0 Å². The molecule has 1 N–H and O–H groups in total. The quantitative estimate of drug-likeness (QED) is 0.427. The van der Waals surface area contributed by atoms with Crippen LogP contribution < -0.4 is 0 Å². The van der Waals surface area contributed by atoms with Crippen LogP contribution in [0.3, 0.4) is 0 Å². The molecule has 2 saturated heterocycles. The summed E-state index contributed by atoms with van der Waals surface area (Å²) in [7, 11) is 0. The van der Waals surface area contributed by atoms with E-state index in [0.29, 0.717) is 0 Å². The number of ether oxygens (including phenoxy) is 2. The molecule has 7 nitrogen and oxygen atoms in total. The molecule has 0 radical (unpaired) electrons. The number of fused-ring (bicyclic) bond motifs is 1. The fraction of sp³-hybridized carbons (Fsp3) is 1.00. The second-order valence-electron chi connectivity index (χ2n) is 3.03. The first-order valence-electron chi connectivity index (χ1n) is 4.28. The van der Waals surface area contributed by atoms with E-state index in [1.807, 2.05) is 5.83 Å². The summed E-state index contributed by atoms with van der Waals surface area (Å²) >= 11 is 2.94. The first-order chi connectivity index (χ1) is 7.18. The summed E-state index contributed by atoms with van der Waals surface area (Å²) in [5.74, 6) is 1.81. The first-order valence-corrected chi connectivity index (χ1v) is 5.87. The van der Waals surface area contributed by atoms with Crippen molar-refractivity contribution in [2.45, 2.75) is 24.4 Å². The van der Waals surface area contributed by atoms with Crippen molar-refractivity contribution in [3.05, 3.63) is 10.1 Å². The van der Waals surface area contributed by atoms with Gasteiger partial charge in [0.1, 0.15) is 18.3 Å². The summed E-state index contributed by atoms with van der Waals surface area (Å²) in [5, 5.41) is 18.4. The third kappa shape index (κ3) is 2.77. The number of alkyl halides is 1. The van der Waals surface area contributed by atoms with E-state index in [-0.39, 0.29) is 13.2 Å². The average Bonchev–Trinajstić information content (AvgIpc) is 2.75. The molecule has 88 valence electrons. The maximum Gasteiger partial charge on any atom is 0.294 e. The van der Waals surface area contributed by atoms with E-state index in [2.05, 4.69) is 20.8 Å². The Hall–Kier alpha value is -0.440. The van der Waals surface area contributed by atoms with Crippen LogP contribution in [-0.4, -0.2) is 53.7 Å². The average molecular weight is 286 g/mol. The number of hydrogen-bond donors (Lipinski definition) is 1. The Balaban J connectivity index is 0.000000531. The van der Waals surface area contributed by atoms with Crippen LogP contribution in [-0.2, 0) is 14.3 Å². The van der Waals surface area contributed by atoms with Gasteiger partial charge in [-0.1, -0.05) is 15.9 Å². The fourth-order valence-corrected chi connectivity index (χ4v) is 1.64. The Morgan fingerprint density at radius 1 is 1.40 bits per heavy atom. The molecule has 0 saturated carbocycles.